The quantitative estimate of drug-likeness (QED) is 0.885. The number of hydrogen-bond acceptors (Lipinski definition) is 2. The lowest BCUT2D eigenvalue weighted by atomic mass is 9.88. The lowest BCUT2D eigenvalue weighted by molar-refractivity contribution is -0.0901. The molecule has 3 rings (SSSR count). The number of nitrogens with one attached hydrogen (secondary N) is 1. The first-order valence-electron chi connectivity index (χ1n) is 5.66. The Labute approximate surface area is 102 Å². The molecule has 2 aromatic rings. The summed E-state index contributed by atoms with van der Waals surface area (Å²) >= 11 is 0. The van der Waals surface area contributed by atoms with Crippen LogP contribution in [0.1, 0.15) is 23.2 Å². The van der Waals surface area contributed by atoms with E-state index in [2.05, 4.69) is 10.4 Å². The third-order valence-electron chi connectivity index (χ3n) is 3.10. The van der Waals surface area contributed by atoms with Gasteiger partial charge < -0.3 is 5.32 Å². The maximum atomic E-state index is 12.7. The SMILES string of the molecule is O=C(NC1CC(F)(F)C1)c1cnn2ccccc12. The highest BCUT2D eigenvalue weighted by Gasteiger charge is 2.46. The molecule has 1 aliphatic carbocycles. The van der Waals surface area contributed by atoms with Gasteiger partial charge in [0.1, 0.15) is 0 Å². The Bertz CT molecular complexity index is 600. The molecule has 0 aromatic carbocycles. The number of hydrogen-bond donors (Lipinski definition) is 1. The largest absolute Gasteiger partial charge is 0.349 e. The minimum absolute atomic E-state index is 0.280. The third-order valence-corrected chi connectivity index (χ3v) is 3.10. The molecule has 18 heavy (non-hydrogen) atoms. The van der Waals surface area contributed by atoms with Crippen LogP contribution in [0.5, 0.6) is 0 Å². The smallest absolute Gasteiger partial charge is 0.255 e. The number of alkyl halides is 2. The van der Waals surface area contributed by atoms with Crippen LogP contribution in [0.3, 0.4) is 0 Å². The van der Waals surface area contributed by atoms with Gasteiger partial charge in [0.2, 0.25) is 0 Å². The second-order valence-electron chi connectivity index (χ2n) is 4.52. The van der Waals surface area contributed by atoms with Crippen molar-refractivity contribution in [1.82, 2.24) is 14.9 Å². The van der Waals surface area contributed by atoms with Gasteiger partial charge in [0.25, 0.3) is 11.8 Å². The van der Waals surface area contributed by atoms with Crippen LogP contribution in [-0.2, 0) is 0 Å². The topological polar surface area (TPSA) is 46.4 Å². The van der Waals surface area contributed by atoms with Gasteiger partial charge >= 0.3 is 0 Å². The van der Waals surface area contributed by atoms with E-state index in [1.165, 1.54) is 6.20 Å². The van der Waals surface area contributed by atoms with E-state index < -0.39 is 12.0 Å². The maximum Gasteiger partial charge on any atom is 0.255 e. The van der Waals surface area contributed by atoms with Gasteiger partial charge in [-0.05, 0) is 12.1 Å². The number of amides is 1. The molecule has 1 saturated carbocycles. The fourth-order valence-corrected chi connectivity index (χ4v) is 2.14. The number of fused-ring (bicyclic) bond motifs is 1. The summed E-state index contributed by atoms with van der Waals surface area (Å²) < 4.78 is 26.9. The third kappa shape index (κ3) is 1.83. The molecule has 0 unspecified atom stereocenters. The van der Waals surface area contributed by atoms with Crippen LogP contribution in [0.15, 0.2) is 30.6 Å². The summed E-state index contributed by atoms with van der Waals surface area (Å²) in [5.74, 6) is -2.98. The Kier molecular flexibility index (Phi) is 2.33. The normalized spacial score (nSPS) is 18.6. The van der Waals surface area contributed by atoms with E-state index in [1.54, 1.807) is 28.9 Å². The Morgan fingerprint density at radius 2 is 2.22 bits per heavy atom. The molecular formula is C12H11F2N3O. The lowest BCUT2D eigenvalue weighted by Gasteiger charge is -2.35. The summed E-state index contributed by atoms with van der Waals surface area (Å²) in [6, 6.07) is 4.92. The van der Waals surface area contributed by atoms with Crippen LogP contribution in [0.25, 0.3) is 5.52 Å². The number of halogens is 2. The van der Waals surface area contributed by atoms with Crippen LogP contribution in [-0.4, -0.2) is 27.5 Å². The van der Waals surface area contributed by atoms with Crippen molar-refractivity contribution in [2.45, 2.75) is 24.8 Å². The summed E-state index contributed by atoms with van der Waals surface area (Å²) in [4.78, 5) is 11.9. The highest BCUT2D eigenvalue weighted by Crippen LogP contribution is 2.37. The molecule has 1 aliphatic rings. The molecule has 0 spiro atoms. The Morgan fingerprint density at radius 3 is 2.94 bits per heavy atom. The van der Waals surface area contributed by atoms with E-state index in [-0.39, 0.29) is 18.7 Å². The van der Waals surface area contributed by atoms with Crippen molar-refractivity contribution in [2.24, 2.45) is 0 Å². The van der Waals surface area contributed by atoms with E-state index in [4.69, 9.17) is 0 Å². The van der Waals surface area contributed by atoms with Gasteiger partial charge in [-0.15, -0.1) is 0 Å². The van der Waals surface area contributed by atoms with Crippen molar-refractivity contribution < 1.29 is 13.6 Å². The molecule has 1 amide bonds. The number of nitrogens with zero attached hydrogens (tertiary/aromatic N) is 2. The minimum atomic E-state index is -2.63. The van der Waals surface area contributed by atoms with Crippen molar-refractivity contribution in [3.8, 4) is 0 Å². The Balaban J connectivity index is 1.77. The van der Waals surface area contributed by atoms with Gasteiger partial charge in [-0.3, -0.25) is 4.79 Å². The first kappa shape index (κ1) is 11.1. The van der Waals surface area contributed by atoms with E-state index in [0.29, 0.717) is 11.1 Å². The van der Waals surface area contributed by atoms with Crippen molar-refractivity contribution >= 4 is 11.4 Å². The van der Waals surface area contributed by atoms with Crippen LogP contribution in [0, 0.1) is 0 Å². The number of carbonyl (C=O) groups excluding carboxylic acids is 1. The van der Waals surface area contributed by atoms with Crippen molar-refractivity contribution in [1.29, 1.82) is 0 Å². The molecule has 2 aromatic heterocycles. The molecule has 2 heterocycles. The zero-order valence-corrected chi connectivity index (χ0v) is 9.44. The lowest BCUT2D eigenvalue weighted by Crippen LogP contribution is -2.50. The first-order valence-corrected chi connectivity index (χ1v) is 5.66. The summed E-state index contributed by atoms with van der Waals surface area (Å²) in [5.41, 5.74) is 1.08. The van der Waals surface area contributed by atoms with Gasteiger partial charge in [-0.25, -0.2) is 13.3 Å². The predicted octanol–water partition coefficient (Wildman–Crippen LogP) is 1.86. The molecule has 0 atom stereocenters. The predicted molar refractivity (Wildman–Crippen MR) is 60.6 cm³/mol. The molecule has 0 radical (unpaired) electrons. The monoisotopic (exact) mass is 251 g/mol. The van der Waals surface area contributed by atoms with Crippen LogP contribution < -0.4 is 5.32 Å². The summed E-state index contributed by atoms with van der Waals surface area (Å²) in [5, 5.41) is 6.62. The highest BCUT2D eigenvalue weighted by molar-refractivity contribution is 6.00. The summed E-state index contributed by atoms with van der Waals surface area (Å²) in [6.45, 7) is 0. The molecule has 1 fully saturated rings. The average molecular weight is 251 g/mol. The maximum absolute atomic E-state index is 12.7. The molecule has 4 nitrogen and oxygen atoms in total. The standard InChI is InChI=1S/C12H11F2N3O/c13-12(14)5-8(6-12)16-11(18)9-7-15-17-4-2-1-3-10(9)17/h1-4,7-8H,5-6H2,(H,16,18). The van der Waals surface area contributed by atoms with Crippen LogP contribution in [0.2, 0.25) is 0 Å². The number of carbonyl (C=O) groups is 1. The second-order valence-corrected chi connectivity index (χ2v) is 4.52. The Hall–Kier alpha value is -1.98. The summed E-state index contributed by atoms with van der Waals surface area (Å²) in [7, 11) is 0. The van der Waals surface area contributed by atoms with Crippen molar-refractivity contribution in [3.05, 3.63) is 36.2 Å². The average Bonchev–Trinajstić information content (AvgIpc) is 2.70. The molecule has 94 valence electrons. The van der Waals surface area contributed by atoms with Crippen LogP contribution in [0.4, 0.5) is 8.78 Å². The van der Waals surface area contributed by atoms with Gasteiger partial charge in [0, 0.05) is 25.1 Å². The highest BCUT2D eigenvalue weighted by atomic mass is 19.3. The van der Waals surface area contributed by atoms with E-state index in [1.807, 2.05) is 0 Å². The molecule has 0 saturated heterocycles. The number of aromatic nitrogens is 2. The minimum Gasteiger partial charge on any atom is -0.349 e. The number of pyridine rings is 1. The fourth-order valence-electron chi connectivity index (χ4n) is 2.14. The van der Waals surface area contributed by atoms with Gasteiger partial charge in [0.05, 0.1) is 17.3 Å². The van der Waals surface area contributed by atoms with E-state index in [9.17, 15) is 13.6 Å². The summed E-state index contributed by atoms with van der Waals surface area (Å²) in [6.07, 6.45) is 2.61. The number of rotatable bonds is 2. The zero-order chi connectivity index (χ0) is 12.8. The second kappa shape index (κ2) is 3.76. The molecule has 6 heteroatoms. The molecule has 0 aliphatic heterocycles. The molecular weight excluding hydrogens is 240 g/mol. The zero-order valence-electron chi connectivity index (χ0n) is 9.44. The van der Waals surface area contributed by atoms with Gasteiger partial charge in [0.15, 0.2) is 0 Å². The van der Waals surface area contributed by atoms with Crippen molar-refractivity contribution in [3.63, 3.8) is 0 Å². The Morgan fingerprint density at radius 1 is 1.44 bits per heavy atom. The van der Waals surface area contributed by atoms with Gasteiger partial charge in [-0.2, -0.15) is 5.10 Å². The van der Waals surface area contributed by atoms with E-state index >= 15 is 0 Å². The molecule has 1 N–H and O–H groups in total. The fraction of sp³-hybridized carbons (Fsp3) is 0.333. The van der Waals surface area contributed by atoms with Crippen LogP contribution >= 0.6 is 0 Å². The molecule has 0 bridgehead atoms. The van der Waals surface area contributed by atoms with E-state index in [0.717, 1.165) is 0 Å². The van der Waals surface area contributed by atoms with Crippen molar-refractivity contribution in [2.75, 3.05) is 0 Å². The van der Waals surface area contributed by atoms with Gasteiger partial charge in [-0.1, -0.05) is 6.07 Å². The first-order chi connectivity index (χ1) is 8.55.